The second-order valence-corrected chi connectivity index (χ2v) is 5.70. The first kappa shape index (κ1) is 24.0. The summed E-state index contributed by atoms with van der Waals surface area (Å²) >= 11 is 0. The summed E-state index contributed by atoms with van der Waals surface area (Å²) in [6.07, 6.45) is -4.28. The zero-order valence-electron chi connectivity index (χ0n) is 13.7. The quantitative estimate of drug-likeness (QED) is 0.578. The Morgan fingerprint density at radius 1 is 1.28 bits per heavy atom. The Kier molecular flexibility index (Phi) is 9.79. The Bertz CT molecular complexity index is 564. The fraction of sp³-hybridized carbons (Fsp3) is 0.500. The highest BCUT2D eigenvalue weighted by atomic mass is 35.5. The van der Waals surface area contributed by atoms with Crippen molar-refractivity contribution < 1.29 is 22.3 Å². The number of nitrogens with zero attached hydrogens (tertiary/aromatic N) is 1. The Morgan fingerprint density at radius 3 is 2.36 bits per heavy atom. The van der Waals surface area contributed by atoms with E-state index in [1.54, 1.807) is 0 Å². The number of hydrogen-bond acceptors (Lipinski definition) is 3. The van der Waals surface area contributed by atoms with Crippen LogP contribution in [0.2, 0.25) is 0 Å². The molecule has 1 heterocycles. The van der Waals surface area contributed by atoms with Gasteiger partial charge in [0.05, 0.1) is 0 Å². The molecule has 1 aromatic rings. The van der Waals surface area contributed by atoms with Crippen molar-refractivity contribution in [3.05, 3.63) is 41.7 Å². The zero-order chi connectivity index (χ0) is 17.0. The molecule has 1 atom stereocenters. The molecule has 1 aliphatic rings. The molecule has 0 aromatic heterocycles. The van der Waals surface area contributed by atoms with Gasteiger partial charge in [0.25, 0.3) is 0 Å². The van der Waals surface area contributed by atoms with Crippen LogP contribution in [0.3, 0.4) is 0 Å². The molecule has 2 rings (SSSR count). The highest BCUT2D eigenvalue weighted by Crippen LogP contribution is 2.32. The number of benzene rings is 1. The number of alkyl halides is 3. The normalized spacial score (nSPS) is 16.4. The van der Waals surface area contributed by atoms with Gasteiger partial charge in [0.15, 0.2) is 11.6 Å². The molecule has 0 radical (unpaired) electrons. The molecule has 0 bridgehead atoms. The minimum absolute atomic E-state index is 0. The van der Waals surface area contributed by atoms with Gasteiger partial charge in [0.1, 0.15) is 0 Å². The van der Waals surface area contributed by atoms with Crippen LogP contribution in [-0.4, -0.2) is 37.4 Å². The van der Waals surface area contributed by atoms with Crippen LogP contribution in [0.25, 0.3) is 0 Å². The van der Waals surface area contributed by atoms with Gasteiger partial charge in [0, 0.05) is 32.2 Å². The maximum absolute atomic E-state index is 14.0. The molecular weight excluding hydrogens is 383 g/mol. The molecule has 25 heavy (non-hydrogen) atoms. The molecule has 1 N–H and O–H groups in total. The Balaban J connectivity index is 0.00000288. The van der Waals surface area contributed by atoms with Crippen molar-refractivity contribution in [1.82, 2.24) is 10.2 Å². The van der Waals surface area contributed by atoms with Crippen molar-refractivity contribution in [1.29, 1.82) is 0 Å². The van der Waals surface area contributed by atoms with Gasteiger partial charge in [-0.2, -0.15) is 0 Å². The first-order valence-corrected chi connectivity index (χ1v) is 7.40. The minimum Gasteiger partial charge on any atom is -0.403 e. The van der Waals surface area contributed by atoms with E-state index in [1.807, 2.05) is 6.92 Å². The van der Waals surface area contributed by atoms with Gasteiger partial charge in [0.2, 0.25) is 0 Å². The summed E-state index contributed by atoms with van der Waals surface area (Å²) in [4.78, 5) is 2.18. The van der Waals surface area contributed by atoms with E-state index in [9.17, 15) is 17.6 Å². The van der Waals surface area contributed by atoms with Gasteiger partial charge >= 0.3 is 6.36 Å². The average Bonchev–Trinajstić information content (AvgIpc) is 2.46. The number of nitrogens with one attached hydrogen (secondary N) is 1. The zero-order valence-corrected chi connectivity index (χ0v) is 15.4. The Labute approximate surface area is 157 Å². The van der Waals surface area contributed by atoms with Gasteiger partial charge in [-0.3, -0.25) is 4.90 Å². The van der Waals surface area contributed by atoms with Crippen LogP contribution in [0.15, 0.2) is 30.4 Å². The highest BCUT2D eigenvalue weighted by Gasteiger charge is 2.32. The summed E-state index contributed by atoms with van der Waals surface area (Å²) in [5.74, 6) is -1.82. The van der Waals surface area contributed by atoms with E-state index in [-0.39, 0.29) is 30.9 Å². The SMILES string of the molecule is C=C(C)C[C@H](c1ccc(OC(F)(F)F)c(F)c1)N1CCNCC1.Cl.Cl. The van der Waals surface area contributed by atoms with Crippen molar-refractivity contribution in [2.75, 3.05) is 26.2 Å². The van der Waals surface area contributed by atoms with Crippen molar-refractivity contribution in [3.8, 4) is 5.75 Å². The van der Waals surface area contributed by atoms with Crippen LogP contribution < -0.4 is 10.1 Å². The number of piperazine rings is 1. The molecule has 9 heteroatoms. The van der Waals surface area contributed by atoms with Gasteiger partial charge < -0.3 is 10.1 Å². The first-order chi connectivity index (χ1) is 10.8. The summed E-state index contributed by atoms with van der Waals surface area (Å²) in [5.41, 5.74) is 1.56. The molecule has 3 nitrogen and oxygen atoms in total. The second kappa shape index (κ2) is 10.2. The van der Waals surface area contributed by atoms with Crippen LogP contribution >= 0.6 is 24.8 Å². The Hall–Kier alpha value is -1.02. The largest absolute Gasteiger partial charge is 0.573 e. The van der Waals surface area contributed by atoms with Crippen molar-refractivity contribution in [2.45, 2.75) is 25.7 Å². The van der Waals surface area contributed by atoms with Crippen LogP contribution in [0.4, 0.5) is 17.6 Å². The molecule has 1 fully saturated rings. The molecule has 0 saturated carbocycles. The Morgan fingerprint density at radius 2 is 1.88 bits per heavy atom. The molecule has 144 valence electrons. The van der Waals surface area contributed by atoms with E-state index in [0.717, 1.165) is 43.9 Å². The number of halogens is 6. The third-order valence-electron chi connectivity index (χ3n) is 3.70. The van der Waals surface area contributed by atoms with E-state index < -0.39 is 17.9 Å². The molecule has 0 aliphatic carbocycles. The lowest BCUT2D eigenvalue weighted by atomic mass is 9.97. The van der Waals surface area contributed by atoms with E-state index in [0.29, 0.717) is 12.0 Å². The number of hydrogen-bond donors (Lipinski definition) is 1. The van der Waals surface area contributed by atoms with Crippen LogP contribution in [0.1, 0.15) is 24.9 Å². The van der Waals surface area contributed by atoms with Gasteiger partial charge in [-0.05, 0) is 31.0 Å². The number of rotatable bonds is 5. The summed E-state index contributed by atoms with van der Waals surface area (Å²) in [5, 5.41) is 3.24. The van der Waals surface area contributed by atoms with Crippen molar-refractivity contribution in [2.24, 2.45) is 0 Å². The summed E-state index contributed by atoms with van der Waals surface area (Å²) in [7, 11) is 0. The molecule has 1 aliphatic heterocycles. The van der Waals surface area contributed by atoms with Crippen molar-refractivity contribution in [3.63, 3.8) is 0 Å². The van der Waals surface area contributed by atoms with Gasteiger partial charge in [-0.15, -0.1) is 44.6 Å². The van der Waals surface area contributed by atoms with Crippen LogP contribution in [-0.2, 0) is 0 Å². The fourth-order valence-electron chi connectivity index (χ4n) is 2.71. The topological polar surface area (TPSA) is 24.5 Å². The van der Waals surface area contributed by atoms with E-state index in [1.165, 1.54) is 6.07 Å². The third kappa shape index (κ3) is 7.40. The standard InChI is InChI=1S/C16H20F4N2O.2ClH/c1-11(2)9-14(22-7-5-21-6-8-22)12-3-4-15(13(17)10-12)23-16(18,19)20;;/h3-4,10,14,21H,1,5-9H2,2H3;2*1H/t14-;;/m1../s1. The first-order valence-electron chi connectivity index (χ1n) is 7.40. The lowest BCUT2D eigenvalue weighted by Crippen LogP contribution is -2.45. The second-order valence-electron chi connectivity index (χ2n) is 5.70. The molecule has 0 amide bonds. The highest BCUT2D eigenvalue weighted by molar-refractivity contribution is 5.85. The average molecular weight is 405 g/mol. The predicted octanol–water partition coefficient (Wildman–Crippen LogP) is 4.48. The van der Waals surface area contributed by atoms with Gasteiger partial charge in [-0.25, -0.2) is 4.39 Å². The summed E-state index contributed by atoms with van der Waals surface area (Å²) < 4.78 is 54.3. The molecule has 0 spiro atoms. The minimum atomic E-state index is -4.90. The van der Waals surface area contributed by atoms with Crippen LogP contribution in [0, 0.1) is 5.82 Å². The monoisotopic (exact) mass is 404 g/mol. The van der Waals surface area contributed by atoms with Gasteiger partial charge in [-0.1, -0.05) is 11.6 Å². The third-order valence-corrected chi connectivity index (χ3v) is 3.70. The summed E-state index contributed by atoms with van der Waals surface area (Å²) in [6, 6.07) is 3.53. The van der Waals surface area contributed by atoms with Crippen molar-refractivity contribution >= 4 is 24.8 Å². The number of ether oxygens (including phenoxy) is 1. The summed E-state index contributed by atoms with van der Waals surface area (Å²) in [6.45, 7) is 9.01. The van der Waals surface area contributed by atoms with E-state index >= 15 is 0 Å². The molecule has 1 aromatic carbocycles. The smallest absolute Gasteiger partial charge is 0.403 e. The molecule has 1 saturated heterocycles. The molecular formula is C16H22Cl2F4N2O. The van der Waals surface area contributed by atoms with E-state index in [4.69, 9.17) is 0 Å². The van der Waals surface area contributed by atoms with Crippen LogP contribution in [0.5, 0.6) is 5.75 Å². The maximum atomic E-state index is 14.0. The lowest BCUT2D eigenvalue weighted by molar-refractivity contribution is -0.275. The predicted molar refractivity (Wildman–Crippen MR) is 94.2 cm³/mol. The molecule has 0 unspecified atom stereocenters. The van der Waals surface area contributed by atoms with E-state index in [2.05, 4.69) is 21.5 Å². The lowest BCUT2D eigenvalue weighted by Gasteiger charge is -2.35. The fourth-order valence-corrected chi connectivity index (χ4v) is 2.71. The maximum Gasteiger partial charge on any atom is 0.573 e.